The summed E-state index contributed by atoms with van der Waals surface area (Å²) in [5.74, 6) is 1.64. The maximum atomic E-state index is 12.1. The Labute approximate surface area is 185 Å². The molecule has 30 heavy (non-hydrogen) atoms. The number of ether oxygens (including phenoxy) is 1. The lowest BCUT2D eigenvalue weighted by Crippen LogP contribution is -2.35. The van der Waals surface area contributed by atoms with Crippen LogP contribution in [0.5, 0.6) is 11.5 Å². The Morgan fingerprint density at radius 3 is 2.57 bits per heavy atom. The predicted octanol–water partition coefficient (Wildman–Crippen LogP) is 7.10. The number of hydrogen-bond donors (Lipinski definition) is 1. The highest BCUT2D eigenvalue weighted by atomic mass is 35.5. The SMILES string of the molecule is C=C(Nc1cc(Oc2ccc(N3CCCCC3=O)cc2)ccc1C)c1ccc(Cl)s1. The number of carbonyl (C=O) groups is 1. The number of nitrogens with one attached hydrogen (secondary N) is 1. The first-order chi connectivity index (χ1) is 14.5. The minimum absolute atomic E-state index is 0.191. The molecule has 1 saturated heterocycles. The van der Waals surface area contributed by atoms with Crippen molar-refractivity contribution in [3.63, 3.8) is 0 Å². The van der Waals surface area contributed by atoms with Crippen molar-refractivity contribution in [2.45, 2.75) is 26.2 Å². The van der Waals surface area contributed by atoms with E-state index >= 15 is 0 Å². The molecular formula is C24H23ClN2O2S. The third kappa shape index (κ3) is 4.69. The van der Waals surface area contributed by atoms with E-state index in [9.17, 15) is 4.79 Å². The highest BCUT2D eigenvalue weighted by Gasteiger charge is 2.19. The Morgan fingerprint density at radius 2 is 1.87 bits per heavy atom. The number of benzene rings is 2. The largest absolute Gasteiger partial charge is 0.457 e. The molecule has 0 atom stereocenters. The average molecular weight is 439 g/mol. The van der Waals surface area contributed by atoms with Crippen LogP contribution in [0.3, 0.4) is 0 Å². The highest BCUT2D eigenvalue weighted by molar-refractivity contribution is 7.17. The number of carbonyl (C=O) groups excluding carboxylic acids is 1. The number of nitrogens with zero attached hydrogens (tertiary/aromatic N) is 1. The molecule has 2 heterocycles. The zero-order valence-electron chi connectivity index (χ0n) is 16.8. The van der Waals surface area contributed by atoms with Gasteiger partial charge in [-0.2, -0.15) is 0 Å². The van der Waals surface area contributed by atoms with Crippen LogP contribution in [0.4, 0.5) is 11.4 Å². The summed E-state index contributed by atoms with van der Waals surface area (Å²) in [4.78, 5) is 15.0. The second-order valence-corrected chi connectivity index (χ2v) is 9.00. The molecule has 1 aliphatic heterocycles. The molecule has 1 amide bonds. The second kappa shape index (κ2) is 8.94. The molecule has 154 valence electrons. The van der Waals surface area contributed by atoms with Gasteiger partial charge in [-0.15, -0.1) is 11.3 Å². The van der Waals surface area contributed by atoms with Gasteiger partial charge in [0, 0.05) is 36.1 Å². The van der Waals surface area contributed by atoms with Crippen LogP contribution in [0.2, 0.25) is 4.34 Å². The lowest BCUT2D eigenvalue weighted by atomic mass is 10.1. The van der Waals surface area contributed by atoms with Crippen molar-refractivity contribution in [2.75, 3.05) is 16.8 Å². The summed E-state index contributed by atoms with van der Waals surface area (Å²) in [7, 11) is 0. The number of halogens is 1. The molecule has 2 aromatic carbocycles. The van der Waals surface area contributed by atoms with Gasteiger partial charge >= 0.3 is 0 Å². The van der Waals surface area contributed by atoms with Gasteiger partial charge in [-0.05, 0) is 67.8 Å². The number of aryl methyl sites for hydroxylation is 1. The molecule has 0 spiro atoms. The fraction of sp³-hybridized carbons (Fsp3) is 0.208. The molecule has 1 fully saturated rings. The van der Waals surface area contributed by atoms with Crippen molar-refractivity contribution in [1.82, 2.24) is 0 Å². The Kier molecular flexibility index (Phi) is 6.11. The summed E-state index contributed by atoms with van der Waals surface area (Å²) in [6.07, 6.45) is 2.65. The number of hydrogen-bond acceptors (Lipinski definition) is 4. The first kappa shape index (κ1) is 20.5. The van der Waals surface area contributed by atoms with Crippen molar-refractivity contribution in [3.05, 3.63) is 76.0 Å². The van der Waals surface area contributed by atoms with E-state index in [1.54, 1.807) is 0 Å². The second-order valence-electron chi connectivity index (χ2n) is 7.28. The Hall–Kier alpha value is -2.76. The van der Waals surface area contributed by atoms with E-state index in [4.69, 9.17) is 16.3 Å². The molecule has 0 aliphatic carbocycles. The van der Waals surface area contributed by atoms with Gasteiger partial charge in [0.2, 0.25) is 5.91 Å². The summed E-state index contributed by atoms with van der Waals surface area (Å²) in [6.45, 7) is 6.93. The molecule has 0 radical (unpaired) electrons. The van der Waals surface area contributed by atoms with E-state index < -0.39 is 0 Å². The minimum atomic E-state index is 0.191. The van der Waals surface area contributed by atoms with E-state index in [0.717, 1.165) is 62.7 Å². The molecular weight excluding hydrogens is 416 g/mol. The maximum Gasteiger partial charge on any atom is 0.226 e. The van der Waals surface area contributed by atoms with E-state index in [2.05, 4.69) is 11.9 Å². The van der Waals surface area contributed by atoms with Gasteiger partial charge in [0.25, 0.3) is 0 Å². The molecule has 6 heteroatoms. The van der Waals surface area contributed by atoms with Gasteiger partial charge in [-0.1, -0.05) is 24.2 Å². The predicted molar refractivity (Wildman–Crippen MR) is 126 cm³/mol. The van der Waals surface area contributed by atoms with Crippen LogP contribution >= 0.6 is 22.9 Å². The zero-order chi connectivity index (χ0) is 21.1. The Bertz CT molecular complexity index is 1080. The van der Waals surface area contributed by atoms with Crippen LogP contribution < -0.4 is 15.0 Å². The molecule has 3 aromatic rings. The fourth-order valence-electron chi connectivity index (χ4n) is 3.41. The molecule has 1 aliphatic rings. The molecule has 0 unspecified atom stereocenters. The molecule has 0 saturated carbocycles. The van der Waals surface area contributed by atoms with E-state index in [1.807, 2.05) is 66.4 Å². The number of amides is 1. The summed E-state index contributed by atoms with van der Waals surface area (Å²) >= 11 is 7.52. The van der Waals surface area contributed by atoms with Crippen molar-refractivity contribution in [3.8, 4) is 11.5 Å². The van der Waals surface area contributed by atoms with Crippen LogP contribution in [0.25, 0.3) is 5.70 Å². The van der Waals surface area contributed by atoms with Crippen LogP contribution in [-0.2, 0) is 4.79 Å². The van der Waals surface area contributed by atoms with Gasteiger partial charge < -0.3 is 15.0 Å². The van der Waals surface area contributed by atoms with Crippen LogP contribution in [-0.4, -0.2) is 12.5 Å². The number of thiophene rings is 1. The average Bonchev–Trinajstić information content (AvgIpc) is 3.18. The Balaban J connectivity index is 1.46. The molecule has 0 bridgehead atoms. The van der Waals surface area contributed by atoms with Crippen molar-refractivity contribution >= 4 is 45.9 Å². The minimum Gasteiger partial charge on any atom is -0.457 e. The van der Waals surface area contributed by atoms with Gasteiger partial charge in [0.15, 0.2) is 0 Å². The highest BCUT2D eigenvalue weighted by Crippen LogP contribution is 2.32. The quantitative estimate of drug-likeness (QED) is 0.446. The molecule has 4 nitrogen and oxygen atoms in total. The van der Waals surface area contributed by atoms with Crippen LogP contribution in [0.15, 0.2) is 61.2 Å². The zero-order valence-corrected chi connectivity index (χ0v) is 18.4. The number of anilines is 2. The molecule has 1 aromatic heterocycles. The number of piperidine rings is 1. The van der Waals surface area contributed by atoms with Gasteiger partial charge in [-0.25, -0.2) is 0 Å². The molecule has 1 N–H and O–H groups in total. The topological polar surface area (TPSA) is 41.6 Å². The third-order valence-corrected chi connectivity index (χ3v) is 6.36. The van der Waals surface area contributed by atoms with Crippen LogP contribution in [0.1, 0.15) is 29.7 Å². The number of rotatable bonds is 6. The lowest BCUT2D eigenvalue weighted by Gasteiger charge is -2.26. The summed E-state index contributed by atoms with van der Waals surface area (Å²) in [5.41, 5.74) is 3.73. The third-order valence-electron chi connectivity index (χ3n) is 5.07. The smallest absolute Gasteiger partial charge is 0.226 e. The summed E-state index contributed by atoms with van der Waals surface area (Å²) in [5, 5.41) is 3.36. The monoisotopic (exact) mass is 438 g/mol. The first-order valence-electron chi connectivity index (χ1n) is 9.90. The lowest BCUT2D eigenvalue weighted by molar-refractivity contribution is -0.119. The van der Waals surface area contributed by atoms with E-state index in [-0.39, 0.29) is 5.91 Å². The van der Waals surface area contributed by atoms with E-state index in [1.165, 1.54) is 11.3 Å². The van der Waals surface area contributed by atoms with Crippen molar-refractivity contribution in [2.24, 2.45) is 0 Å². The fourth-order valence-corrected chi connectivity index (χ4v) is 4.38. The van der Waals surface area contributed by atoms with Crippen molar-refractivity contribution < 1.29 is 9.53 Å². The molecule has 4 rings (SSSR count). The van der Waals surface area contributed by atoms with Crippen molar-refractivity contribution in [1.29, 1.82) is 0 Å². The van der Waals surface area contributed by atoms with E-state index in [0.29, 0.717) is 6.42 Å². The van der Waals surface area contributed by atoms with Crippen LogP contribution in [0, 0.1) is 6.92 Å². The maximum absolute atomic E-state index is 12.1. The first-order valence-corrected chi connectivity index (χ1v) is 11.1. The summed E-state index contributed by atoms with van der Waals surface area (Å²) in [6, 6.07) is 17.4. The van der Waals surface area contributed by atoms with Gasteiger partial charge in [0.05, 0.1) is 9.21 Å². The summed E-state index contributed by atoms with van der Waals surface area (Å²) < 4.78 is 6.78. The standard InChI is InChI=1S/C24H23ClN2O2S/c1-16-6-9-20(15-21(16)26-17(2)22-12-13-23(25)30-22)29-19-10-7-18(8-11-19)27-14-4-3-5-24(27)28/h6-13,15,26H,2-5,14H2,1H3. The van der Waals surface area contributed by atoms with Gasteiger partial charge in [-0.3, -0.25) is 4.79 Å². The van der Waals surface area contributed by atoms with Gasteiger partial charge in [0.1, 0.15) is 11.5 Å². The normalized spacial score (nSPS) is 13.9. The Morgan fingerprint density at radius 1 is 1.10 bits per heavy atom.